The Hall–Kier alpha value is -2.04. The topological polar surface area (TPSA) is 153 Å². The van der Waals surface area contributed by atoms with Crippen molar-refractivity contribution in [1.82, 2.24) is 4.72 Å². The minimum absolute atomic E-state index is 0.167. The Labute approximate surface area is 114 Å². The predicted molar refractivity (Wildman–Crippen MR) is 68.2 cm³/mol. The Morgan fingerprint density at radius 1 is 1.55 bits per heavy atom. The van der Waals surface area contributed by atoms with Crippen LogP contribution in [0.3, 0.4) is 0 Å². The molecular weight excluding hydrogens is 290 g/mol. The molecule has 0 aliphatic carbocycles. The molecule has 1 atom stereocenters. The van der Waals surface area contributed by atoms with Crippen LogP contribution in [0, 0.1) is 17.0 Å². The summed E-state index contributed by atoms with van der Waals surface area (Å²) in [7, 11) is -4.25. The molecule has 0 spiro atoms. The first-order valence-corrected chi connectivity index (χ1v) is 6.86. The van der Waals surface area contributed by atoms with Gasteiger partial charge in [-0.25, -0.2) is 13.1 Å². The van der Waals surface area contributed by atoms with E-state index < -0.39 is 44.1 Å². The van der Waals surface area contributed by atoms with Gasteiger partial charge in [0.15, 0.2) is 4.90 Å². The minimum atomic E-state index is -4.25. The summed E-state index contributed by atoms with van der Waals surface area (Å²) in [5.41, 5.74) is 4.36. The average molecular weight is 303 g/mol. The minimum Gasteiger partial charge on any atom is -0.382 e. The molecule has 0 heterocycles. The van der Waals surface area contributed by atoms with Crippen molar-refractivity contribution in [2.45, 2.75) is 17.9 Å². The lowest BCUT2D eigenvalue weighted by molar-refractivity contribution is -0.387. The number of rotatable bonds is 6. The molecule has 1 rings (SSSR count). The van der Waals surface area contributed by atoms with Gasteiger partial charge in [0.05, 0.1) is 4.92 Å². The van der Waals surface area contributed by atoms with E-state index in [1.807, 2.05) is 4.72 Å². The van der Waals surface area contributed by atoms with Gasteiger partial charge in [-0.2, -0.15) is 0 Å². The van der Waals surface area contributed by atoms with Crippen LogP contribution in [0.25, 0.3) is 0 Å². The molecule has 0 saturated heterocycles. The molecule has 10 heteroatoms. The van der Waals surface area contributed by atoms with Gasteiger partial charge in [-0.3, -0.25) is 14.9 Å². The first-order valence-electron chi connectivity index (χ1n) is 5.38. The standard InChI is InChI=1S/C10H13N3O6S/c1-6-3-2-4-7(13(16)17)9(6)20(18,19)12-5-8(14)10(11)15/h2-4,8,12,14H,5H2,1H3,(H2,11,15). The van der Waals surface area contributed by atoms with Crippen LogP contribution >= 0.6 is 0 Å². The summed E-state index contributed by atoms with van der Waals surface area (Å²) in [6, 6.07) is 3.79. The summed E-state index contributed by atoms with van der Waals surface area (Å²) in [5, 5.41) is 20.0. The van der Waals surface area contributed by atoms with Gasteiger partial charge >= 0.3 is 0 Å². The fraction of sp³-hybridized carbons (Fsp3) is 0.300. The van der Waals surface area contributed by atoms with Gasteiger partial charge in [-0.05, 0) is 12.5 Å². The van der Waals surface area contributed by atoms with Crippen LogP contribution in [0.4, 0.5) is 5.69 Å². The molecule has 1 aromatic rings. The van der Waals surface area contributed by atoms with Crippen LogP contribution in [-0.2, 0) is 14.8 Å². The third-order valence-corrected chi connectivity index (χ3v) is 4.07. The second-order valence-electron chi connectivity index (χ2n) is 3.95. The van der Waals surface area contributed by atoms with Crippen molar-refractivity contribution in [2.24, 2.45) is 5.73 Å². The second kappa shape index (κ2) is 5.94. The number of primary amides is 1. The maximum absolute atomic E-state index is 12.0. The quantitative estimate of drug-likeness (QED) is 0.454. The van der Waals surface area contributed by atoms with E-state index in [0.717, 1.165) is 6.07 Å². The molecule has 110 valence electrons. The Kier molecular flexibility index (Phi) is 4.76. The summed E-state index contributed by atoms with van der Waals surface area (Å²) in [5.74, 6) is -1.10. The lowest BCUT2D eigenvalue weighted by Crippen LogP contribution is -2.40. The molecule has 0 fully saturated rings. The molecule has 0 aromatic heterocycles. The number of hydrogen-bond donors (Lipinski definition) is 3. The number of amides is 1. The summed E-state index contributed by atoms with van der Waals surface area (Å²) in [6.07, 6.45) is -1.71. The van der Waals surface area contributed by atoms with Crippen LogP contribution < -0.4 is 10.5 Å². The fourth-order valence-electron chi connectivity index (χ4n) is 1.49. The van der Waals surface area contributed by atoms with Crippen LogP contribution in [0.15, 0.2) is 23.1 Å². The predicted octanol–water partition coefficient (Wildman–Crippen LogP) is -0.972. The number of aliphatic hydroxyl groups excluding tert-OH is 1. The van der Waals surface area contributed by atoms with Gasteiger partial charge in [0.1, 0.15) is 6.10 Å². The molecule has 1 unspecified atom stereocenters. The van der Waals surface area contributed by atoms with Crippen LogP contribution in [0.5, 0.6) is 0 Å². The molecule has 0 aliphatic rings. The molecule has 4 N–H and O–H groups in total. The number of hydrogen-bond acceptors (Lipinski definition) is 6. The van der Waals surface area contributed by atoms with Gasteiger partial charge in [-0.15, -0.1) is 0 Å². The Balaban J connectivity index is 3.16. The first-order chi connectivity index (χ1) is 9.16. The second-order valence-corrected chi connectivity index (χ2v) is 5.65. The fourth-order valence-corrected chi connectivity index (χ4v) is 2.92. The molecular formula is C10H13N3O6S. The highest BCUT2D eigenvalue weighted by atomic mass is 32.2. The van der Waals surface area contributed by atoms with Crippen molar-refractivity contribution in [1.29, 1.82) is 0 Å². The SMILES string of the molecule is Cc1cccc([N+](=O)[O-])c1S(=O)(=O)NCC(O)C(N)=O. The van der Waals surface area contributed by atoms with Gasteiger partial charge in [0, 0.05) is 12.6 Å². The summed E-state index contributed by atoms with van der Waals surface area (Å²) >= 11 is 0. The van der Waals surface area contributed by atoms with E-state index in [-0.39, 0.29) is 5.56 Å². The highest BCUT2D eigenvalue weighted by molar-refractivity contribution is 7.89. The number of benzene rings is 1. The molecule has 1 amide bonds. The van der Waals surface area contributed by atoms with Crippen LogP contribution in [-0.4, -0.2) is 37.0 Å². The van der Waals surface area contributed by atoms with Crippen molar-refractivity contribution in [3.63, 3.8) is 0 Å². The highest BCUT2D eigenvalue weighted by Crippen LogP contribution is 2.26. The van der Waals surface area contributed by atoms with E-state index in [1.165, 1.54) is 19.1 Å². The van der Waals surface area contributed by atoms with Crippen molar-refractivity contribution in [2.75, 3.05) is 6.54 Å². The van der Waals surface area contributed by atoms with Gasteiger partial charge < -0.3 is 10.8 Å². The largest absolute Gasteiger partial charge is 0.382 e. The summed E-state index contributed by atoms with van der Waals surface area (Å²) in [6.45, 7) is 0.731. The number of nitrogens with one attached hydrogen (secondary N) is 1. The molecule has 0 bridgehead atoms. The number of carbonyl (C=O) groups excluding carboxylic acids is 1. The molecule has 0 radical (unpaired) electrons. The maximum Gasteiger partial charge on any atom is 0.289 e. The third-order valence-electron chi connectivity index (χ3n) is 2.45. The lowest BCUT2D eigenvalue weighted by atomic mass is 10.2. The molecule has 0 saturated carbocycles. The summed E-state index contributed by atoms with van der Waals surface area (Å²) in [4.78, 5) is 20.1. The van der Waals surface area contributed by atoms with E-state index in [4.69, 9.17) is 10.8 Å². The zero-order valence-corrected chi connectivity index (χ0v) is 11.3. The number of aryl methyl sites for hydroxylation is 1. The molecule has 1 aromatic carbocycles. The highest BCUT2D eigenvalue weighted by Gasteiger charge is 2.28. The van der Waals surface area contributed by atoms with Crippen molar-refractivity contribution in [3.8, 4) is 0 Å². The molecule has 0 aliphatic heterocycles. The van der Waals surface area contributed by atoms with Gasteiger partial charge in [-0.1, -0.05) is 12.1 Å². The van der Waals surface area contributed by atoms with E-state index in [9.17, 15) is 23.3 Å². The number of nitro groups is 1. The average Bonchev–Trinajstić information content (AvgIpc) is 2.35. The Morgan fingerprint density at radius 2 is 2.15 bits per heavy atom. The Morgan fingerprint density at radius 3 is 2.65 bits per heavy atom. The number of nitro benzene ring substituents is 1. The van der Waals surface area contributed by atoms with Gasteiger partial charge in [0.2, 0.25) is 15.9 Å². The molecule has 9 nitrogen and oxygen atoms in total. The number of sulfonamides is 1. The number of nitrogens with zero attached hydrogens (tertiary/aromatic N) is 1. The Bertz CT molecular complexity index is 642. The van der Waals surface area contributed by atoms with Crippen LogP contribution in [0.1, 0.15) is 5.56 Å². The van der Waals surface area contributed by atoms with E-state index >= 15 is 0 Å². The third kappa shape index (κ3) is 3.50. The van der Waals surface area contributed by atoms with Crippen molar-refractivity contribution in [3.05, 3.63) is 33.9 Å². The van der Waals surface area contributed by atoms with Crippen molar-refractivity contribution >= 4 is 21.6 Å². The van der Waals surface area contributed by atoms with Gasteiger partial charge in [0.25, 0.3) is 5.69 Å². The van der Waals surface area contributed by atoms with E-state index in [2.05, 4.69) is 0 Å². The molecule has 20 heavy (non-hydrogen) atoms. The maximum atomic E-state index is 12.0. The first kappa shape index (κ1) is 16.0. The number of aliphatic hydroxyl groups is 1. The number of carbonyl (C=O) groups is 1. The lowest BCUT2D eigenvalue weighted by Gasteiger charge is -2.11. The monoisotopic (exact) mass is 303 g/mol. The van der Waals surface area contributed by atoms with E-state index in [1.54, 1.807) is 0 Å². The van der Waals surface area contributed by atoms with Crippen molar-refractivity contribution < 1.29 is 23.2 Å². The zero-order chi connectivity index (χ0) is 15.5. The van der Waals surface area contributed by atoms with E-state index in [0.29, 0.717) is 0 Å². The normalized spacial score (nSPS) is 12.9. The smallest absolute Gasteiger partial charge is 0.289 e. The zero-order valence-electron chi connectivity index (χ0n) is 10.4. The number of nitrogens with two attached hydrogens (primary N) is 1. The van der Waals surface area contributed by atoms with Crippen LogP contribution in [0.2, 0.25) is 0 Å². The summed E-state index contributed by atoms with van der Waals surface area (Å²) < 4.78 is 26.0.